The molecule has 0 radical (unpaired) electrons. The average Bonchev–Trinajstić information content (AvgIpc) is 3.28. The Labute approximate surface area is 146 Å². The second kappa shape index (κ2) is 6.02. The lowest BCUT2D eigenvalue weighted by atomic mass is 10.2. The van der Waals surface area contributed by atoms with Crippen molar-refractivity contribution < 1.29 is 9.59 Å². The number of thioether (sulfide) groups is 1. The van der Waals surface area contributed by atoms with Crippen LogP contribution in [0.25, 0.3) is 11.3 Å². The number of aryl methyl sites for hydroxylation is 1. The zero-order chi connectivity index (χ0) is 16.7. The first kappa shape index (κ1) is 15.3. The minimum atomic E-state index is -0.387. The first-order valence-corrected chi connectivity index (χ1v) is 9.13. The summed E-state index contributed by atoms with van der Waals surface area (Å²) in [6, 6.07) is 0. The number of thiazole rings is 1. The number of aliphatic imine (C=N–C) groups is 1. The third-order valence-corrected chi connectivity index (χ3v) is 5.68. The van der Waals surface area contributed by atoms with Crippen molar-refractivity contribution >= 4 is 45.2 Å². The highest BCUT2D eigenvalue weighted by molar-refractivity contribution is 8.15. The largest absolute Gasteiger partial charge is 0.302 e. The lowest BCUT2D eigenvalue weighted by Gasteiger charge is -2.09. The molecule has 2 amide bonds. The number of carbonyl (C=O) groups is 2. The van der Waals surface area contributed by atoms with Crippen molar-refractivity contribution in [1.29, 1.82) is 0 Å². The Balaban J connectivity index is 1.38. The van der Waals surface area contributed by atoms with Crippen LogP contribution in [0.15, 0.2) is 22.8 Å². The van der Waals surface area contributed by atoms with Gasteiger partial charge in [0.25, 0.3) is 0 Å². The van der Waals surface area contributed by atoms with E-state index in [9.17, 15) is 9.59 Å². The number of hydrogen-bond acceptors (Lipinski definition) is 7. The molecule has 0 bridgehead atoms. The van der Waals surface area contributed by atoms with Crippen LogP contribution in [-0.4, -0.2) is 55.0 Å². The SMILES string of the molecule is Cn1cc(-c2csc(NC(=O)C[C@H]3SC4=NCCN4C3=O)n2)cn1. The van der Waals surface area contributed by atoms with Gasteiger partial charge in [0.05, 0.1) is 18.4 Å². The van der Waals surface area contributed by atoms with E-state index >= 15 is 0 Å². The highest BCUT2D eigenvalue weighted by Crippen LogP contribution is 2.32. The van der Waals surface area contributed by atoms with E-state index < -0.39 is 0 Å². The molecule has 2 aromatic rings. The molecule has 0 saturated carbocycles. The summed E-state index contributed by atoms with van der Waals surface area (Å²) in [5.74, 6) is -0.240. The van der Waals surface area contributed by atoms with Crippen molar-refractivity contribution in [3.05, 3.63) is 17.8 Å². The highest BCUT2D eigenvalue weighted by atomic mass is 32.2. The molecule has 124 valence electrons. The summed E-state index contributed by atoms with van der Waals surface area (Å²) in [7, 11) is 1.84. The molecule has 8 nitrogen and oxygen atoms in total. The number of aromatic nitrogens is 3. The van der Waals surface area contributed by atoms with Gasteiger partial charge in [0.15, 0.2) is 10.3 Å². The number of carbonyl (C=O) groups excluding carboxylic acids is 2. The van der Waals surface area contributed by atoms with Gasteiger partial charge in [-0.3, -0.25) is 24.2 Å². The van der Waals surface area contributed by atoms with E-state index in [1.54, 1.807) is 15.8 Å². The predicted molar refractivity (Wildman–Crippen MR) is 93.0 cm³/mol. The second-order valence-corrected chi connectivity index (χ2v) is 7.48. The van der Waals surface area contributed by atoms with E-state index in [2.05, 4.69) is 20.4 Å². The van der Waals surface area contributed by atoms with Crippen molar-refractivity contribution in [2.75, 3.05) is 18.4 Å². The molecule has 4 rings (SSSR count). The molecule has 1 saturated heterocycles. The molecule has 4 heterocycles. The van der Waals surface area contributed by atoms with Crippen molar-refractivity contribution in [3.63, 3.8) is 0 Å². The third kappa shape index (κ3) is 2.82. The third-order valence-electron chi connectivity index (χ3n) is 3.71. The zero-order valence-corrected chi connectivity index (χ0v) is 14.4. The quantitative estimate of drug-likeness (QED) is 0.882. The van der Waals surface area contributed by atoms with Crippen LogP contribution in [0.5, 0.6) is 0 Å². The summed E-state index contributed by atoms with van der Waals surface area (Å²) in [5.41, 5.74) is 1.67. The number of rotatable bonds is 4. The van der Waals surface area contributed by atoms with E-state index in [1.807, 2.05) is 18.6 Å². The van der Waals surface area contributed by atoms with Crippen molar-refractivity contribution in [2.45, 2.75) is 11.7 Å². The van der Waals surface area contributed by atoms with Gasteiger partial charge in [0.1, 0.15) is 5.25 Å². The molecule has 0 aromatic carbocycles. The molecule has 0 spiro atoms. The molecular weight excluding hydrogens is 348 g/mol. The maximum absolute atomic E-state index is 12.2. The van der Waals surface area contributed by atoms with Crippen LogP contribution < -0.4 is 5.32 Å². The zero-order valence-electron chi connectivity index (χ0n) is 12.8. The van der Waals surface area contributed by atoms with Crippen molar-refractivity contribution in [3.8, 4) is 11.3 Å². The minimum Gasteiger partial charge on any atom is -0.302 e. The normalized spacial score (nSPS) is 19.5. The summed E-state index contributed by atoms with van der Waals surface area (Å²) >= 11 is 2.72. The van der Waals surface area contributed by atoms with Gasteiger partial charge in [-0.15, -0.1) is 11.3 Å². The van der Waals surface area contributed by atoms with Crippen molar-refractivity contribution in [2.24, 2.45) is 12.0 Å². The molecule has 2 aliphatic rings. The molecule has 1 atom stereocenters. The summed E-state index contributed by atoms with van der Waals surface area (Å²) in [4.78, 5) is 34.7. The first-order valence-electron chi connectivity index (χ1n) is 7.37. The van der Waals surface area contributed by atoms with Crippen LogP contribution in [0.1, 0.15) is 6.42 Å². The molecular formula is C14H14N6O2S2. The maximum Gasteiger partial charge on any atom is 0.242 e. The van der Waals surface area contributed by atoms with E-state index in [-0.39, 0.29) is 23.5 Å². The predicted octanol–water partition coefficient (Wildman–Crippen LogP) is 1.19. The first-order chi connectivity index (χ1) is 11.6. The van der Waals surface area contributed by atoms with Crippen LogP contribution in [0.2, 0.25) is 0 Å². The Kier molecular flexibility index (Phi) is 3.85. The molecule has 1 fully saturated rings. The fourth-order valence-electron chi connectivity index (χ4n) is 2.57. The van der Waals surface area contributed by atoms with Crippen LogP contribution in [-0.2, 0) is 16.6 Å². The number of nitrogens with zero attached hydrogens (tertiary/aromatic N) is 5. The molecule has 2 aromatic heterocycles. The Morgan fingerprint density at radius 1 is 1.50 bits per heavy atom. The standard InChI is InChI=1S/C14H14N6O2S2/c1-19-6-8(5-16-19)9-7-23-13(17-9)18-11(21)4-10-12(22)20-3-2-15-14(20)24-10/h5-7,10H,2-4H2,1H3,(H,17,18,21)/t10-/m1/s1. The number of amides is 2. The summed E-state index contributed by atoms with van der Waals surface area (Å²) in [5, 5.41) is 9.62. The van der Waals surface area contributed by atoms with E-state index in [4.69, 9.17) is 0 Å². The Bertz CT molecular complexity index is 842. The van der Waals surface area contributed by atoms with Gasteiger partial charge in [0, 0.05) is 37.2 Å². The molecule has 1 N–H and O–H groups in total. The van der Waals surface area contributed by atoms with Crippen LogP contribution in [0.4, 0.5) is 5.13 Å². The van der Waals surface area contributed by atoms with E-state index in [0.717, 1.165) is 16.4 Å². The van der Waals surface area contributed by atoms with E-state index in [0.29, 0.717) is 18.2 Å². The van der Waals surface area contributed by atoms with Gasteiger partial charge in [0.2, 0.25) is 11.8 Å². The Morgan fingerprint density at radius 2 is 2.38 bits per heavy atom. The highest BCUT2D eigenvalue weighted by Gasteiger charge is 2.40. The van der Waals surface area contributed by atoms with Crippen LogP contribution in [0.3, 0.4) is 0 Å². The lowest BCUT2D eigenvalue weighted by molar-refractivity contribution is -0.127. The smallest absolute Gasteiger partial charge is 0.242 e. The summed E-state index contributed by atoms with van der Waals surface area (Å²) < 4.78 is 1.70. The number of hydrogen-bond donors (Lipinski definition) is 1. The number of amidine groups is 1. The van der Waals surface area contributed by atoms with Crippen LogP contribution in [0, 0.1) is 0 Å². The maximum atomic E-state index is 12.2. The monoisotopic (exact) mass is 362 g/mol. The average molecular weight is 362 g/mol. The van der Waals surface area contributed by atoms with Crippen molar-refractivity contribution in [1.82, 2.24) is 19.7 Å². The second-order valence-electron chi connectivity index (χ2n) is 5.45. The molecule has 10 heteroatoms. The minimum absolute atomic E-state index is 0.0263. The van der Waals surface area contributed by atoms with Gasteiger partial charge in [-0.1, -0.05) is 11.8 Å². The molecule has 0 aliphatic carbocycles. The molecule has 0 unspecified atom stereocenters. The van der Waals surface area contributed by atoms with Gasteiger partial charge in [-0.05, 0) is 0 Å². The van der Waals surface area contributed by atoms with Crippen LogP contribution >= 0.6 is 23.1 Å². The Morgan fingerprint density at radius 3 is 3.12 bits per heavy atom. The fourth-order valence-corrected chi connectivity index (χ4v) is 4.50. The number of anilines is 1. The summed E-state index contributed by atoms with van der Waals surface area (Å²) in [6.45, 7) is 1.28. The lowest BCUT2D eigenvalue weighted by Crippen LogP contribution is -2.32. The van der Waals surface area contributed by atoms with Gasteiger partial charge in [-0.25, -0.2) is 4.98 Å². The Hall–Kier alpha value is -2.20. The fraction of sp³-hybridized carbons (Fsp3) is 0.357. The van der Waals surface area contributed by atoms with E-state index in [1.165, 1.54) is 23.1 Å². The van der Waals surface area contributed by atoms with Gasteiger partial charge in [-0.2, -0.15) is 5.10 Å². The molecule has 24 heavy (non-hydrogen) atoms. The topological polar surface area (TPSA) is 92.5 Å². The molecule has 2 aliphatic heterocycles. The van der Waals surface area contributed by atoms with Gasteiger partial charge >= 0.3 is 0 Å². The van der Waals surface area contributed by atoms with Gasteiger partial charge < -0.3 is 5.32 Å². The number of fused-ring (bicyclic) bond motifs is 1. The summed E-state index contributed by atoms with van der Waals surface area (Å²) in [6.07, 6.45) is 3.71. The number of nitrogens with one attached hydrogen (secondary N) is 1.